The Morgan fingerprint density at radius 3 is 2.50 bits per heavy atom. The van der Waals surface area contributed by atoms with Crippen LogP contribution in [-0.4, -0.2) is 54.5 Å². The van der Waals surface area contributed by atoms with Gasteiger partial charge in [0.2, 0.25) is 0 Å². The molecule has 1 aliphatic heterocycles. The Balaban J connectivity index is 2.22. The van der Waals surface area contributed by atoms with E-state index in [4.69, 9.17) is 9.47 Å². The van der Waals surface area contributed by atoms with Gasteiger partial charge in [0, 0.05) is 18.1 Å². The molecule has 2 aromatic rings. The number of benzene rings is 1. The molecule has 7 heteroatoms. The minimum Gasteiger partial charge on any atom is -0.496 e. The van der Waals surface area contributed by atoms with Crippen LogP contribution in [-0.2, 0) is 11.3 Å². The second-order valence-electron chi connectivity index (χ2n) is 7.54. The normalized spacial score (nSPS) is 19.3. The number of nitrogens with zero attached hydrogens (tertiary/aromatic N) is 2. The molecule has 1 aliphatic rings. The largest absolute Gasteiger partial charge is 0.496 e. The number of hydrogen-bond donors (Lipinski definition) is 1. The third-order valence-electron chi connectivity index (χ3n) is 5.85. The van der Waals surface area contributed by atoms with Gasteiger partial charge in [-0.15, -0.1) is 0 Å². The van der Waals surface area contributed by atoms with E-state index in [1.807, 2.05) is 61.9 Å². The standard InChI is InChI=1S/C23H29N3O4/c1-7-8-9-16(24-4)13-26-22(28)18-12-17-19(29-5)10-11-20(30-6)21(17)25(18)14-23(26,3)15(2)27/h7-12,24H,13-14H2,1-6H3/b8-7-,16-9-. The highest BCUT2D eigenvalue weighted by Gasteiger charge is 2.46. The van der Waals surface area contributed by atoms with Crippen LogP contribution < -0.4 is 14.8 Å². The van der Waals surface area contributed by atoms with Crippen molar-refractivity contribution in [1.29, 1.82) is 0 Å². The van der Waals surface area contributed by atoms with Crippen molar-refractivity contribution in [1.82, 2.24) is 14.8 Å². The van der Waals surface area contributed by atoms with Crippen LogP contribution in [0.1, 0.15) is 31.3 Å². The Morgan fingerprint density at radius 2 is 1.93 bits per heavy atom. The number of rotatable bonds is 7. The average Bonchev–Trinajstić information content (AvgIpc) is 3.12. The number of likely N-dealkylation sites (N-methyl/N-ethyl adjacent to an activating group) is 1. The monoisotopic (exact) mass is 411 g/mol. The van der Waals surface area contributed by atoms with E-state index >= 15 is 0 Å². The first-order chi connectivity index (χ1) is 14.3. The van der Waals surface area contributed by atoms with Gasteiger partial charge in [0.1, 0.15) is 22.7 Å². The molecule has 160 valence electrons. The van der Waals surface area contributed by atoms with E-state index < -0.39 is 5.54 Å². The van der Waals surface area contributed by atoms with Crippen molar-refractivity contribution < 1.29 is 19.1 Å². The molecule has 3 rings (SSSR count). The summed E-state index contributed by atoms with van der Waals surface area (Å²) in [4.78, 5) is 28.1. The van der Waals surface area contributed by atoms with Gasteiger partial charge in [-0.25, -0.2) is 0 Å². The van der Waals surface area contributed by atoms with E-state index in [0.29, 0.717) is 30.3 Å². The summed E-state index contributed by atoms with van der Waals surface area (Å²) in [5.41, 5.74) is 1.10. The van der Waals surface area contributed by atoms with Gasteiger partial charge in [-0.1, -0.05) is 12.2 Å². The maximum absolute atomic E-state index is 13.6. The molecule has 7 nitrogen and oxygen atoms in total. The van der Waals surface area contributed by atoms with Crippen LogP contribution >= 0.6 is 0 Å². The number of ketones is 1. The fourth-order valence-electron chi connectivity index (χ4n) is 3.91. The SMILES string of the molecule is C/C=C\C=C(\CN1C(=O)c2cc3c(OC)ccc(OC)c3n2CC1(C)C(C)=O)NC. The molecule has 0 saturated heterocycles. The van der Waals surface area contributed by atoms with Crippen LogP contribution in [0.15, 0.2) is 42.1 Å². The smallest absolute Gasteiger partial charge is 0.271 e. The highest BCUT2D eigenvalue weighted by molar-refractivity contribution is 6.06. The quantitative estimate of drug-likeness (QED) is 0.709. The molecule has 0 bridgehead atoms. The molecule has 1 aromatic heterocycles. The number of aromatic nitrogens is 1. The van der Waals surface area contributed by atoms with Gasteiger partial charge in [-0.3, -0.25) is 9.59 Å². The molecule has 0 radical (unpaired) electrons. The van der Waals surface area contributed by atoms with Gasteiger partial charge in [-0.05, 0) is 45.0 Å². The van der Waals surface area contributed by atoms with Crippen LogP contribution in [0.25, 0.3) is 10.9 Å². The predicted molar refractivity (Wildman–Crippen MR) is 117 cm³/mol. The topological polar surface area (TPSA) is 72.8 Å². The van der Waals surface area contributed by atoms with E-state index in [1.54, 1.807) is 19.1 Å². The van der Waals surface area contributed by atoms with Crippen molar-refractivity contribution in [3.05, 3.63) is 47.8 Å². The minimum absolute atomic E-state index is 0.0771. The molecule has 2 heterocycles. The first-order valence-corrected chi connectivity index (χ1v) is 9.89. The molecule has 0 aliphatic carbocycles. The van der Waals surface area contributed by atoms with Crippen molar-refractivity contribution in [2.45, 2.75) is 32.9 Å². The van der Waals surface area contributed by atoms with Gasteiger partial charge in [-0.2, -0.15) is 0 Å². The summed E-state index contributed by atoms with van der Waals surface area (Å²) >= 11 is 0. The van der Waals surface area contributed by atoms with E-state index in [1.165, 1.54) is 6.92 Å². The number of Topliss-reactive ketones (excluding diaryl/α,β-unsaturated/α-hetero) is 1. The Hall–Kier alpha value is -3.22. The zero-order valence-corrected chi connectivity index (χ0v) is 18.4. The third kappa shape index (κ3) is 3.34. The van der Waals surface area contributed by atoms with E-state index in [2.05, 4.69) is 5.32 Å². The summed E-state index contributed by atoms with van der Waals surface area (Å²) < 4.78 is 12.9. The highest BCUT2D eigenvalue weighted by atomic mass is 16.5. The maximum Gasteiger partial charge on any atom is 0.271 e. The molecule has 1 N–H and O–H groups in total. The number of nitrogens with one attached hydrogen (secondary N) is 1. The van der Waals surface area contributed by atoms with Crippen molar-refractivity contribution in [2.75, 3.05) is 27.8 Å². The Morgan fingerprint density at radius 1 is 1.27 bits per heavy atom. The van der Waals surface area contributed by atoms with Crippen molar-refractivity contribution in [3.8, 4) is 11.5 Å². The van der Waals surface area contributed by atoms with Gasteiger partial charge >= 0.3 is 0 Å². The lowest BCUT2D eigenvalue weighted by molar-refractivity contribution is -0.128. The number of allylic oxidation sites excluding steroid dienone is 3. The van der Waals surface area contributed by atoms with Gasteiger partial charge < -0.3 is 24.3 Å². The summed E-state index contributed by atoms with van der Waals surface area (Å²) in [6, 6.07) is 5.45. The number of fused-ring (bicyclic) bond motifs is 3. The van der Waals surface area contributed by atoms with Crippen molar-refractivity contribution in [2.24, 2.45) is 0 Å². The lowest BCUT2D eigenvalue weighted by Crippen LogP contribution is -2.61. The zero-order chi connectivity index (χ0) is 22.1. The fraction of sp³-hybridized carbons (Fsp3) is 0.391. The molecular weight excluding hydrogens is 382 g/mol. The highest BCUT2D eigenvalue weighted by Crippen LogP contribution is 2.40. The molecule has 1 atom stereocenters. The van der Waals surface area contributed by atoms with Crippen LogP contribution in [0.3, 0.4) is 0 Å². The number of carbonyl (C=O) groups excluding carboxylic acids is 2. The van der Waals surface area contributed by atoms with Crippen molar-refractivity contribution in [3.63, 3.8) is 0 Å². The molecule has 1 unspecified atom stereocenters. The number of ether oxygens (including phenoxy) is 2. The molecule has 1 aromatic carbocycles. The summed E-state index contributed by atoms with van der Waals surface area (Å²) in [6.45, 7) is 5.90. The average molecular weight is 412 g/mol. The Bertz CT molecular complexity index is 1050. The third-order valence-corrected chi connectivity index (χ3v) is 5.85. The maximum atomic E-state index is 13.6. The minimum atomic E-state index is -1.00. The molecule has 30 heavy (non-hydrogen) atoms. The summed E-state index contributed by atoms with van der Waals surface area (Å²) in [7, 11) is 4.99. The molecule has 0 saturated carbocycles. The van der Waals surface area contributed by atoms with Gasteiger partial charge in [0.15, 0.2) is 5.78 Å². The van der Waals surface area contributed by atoms with Crippen LogP contribution in [0, 0.1) is 0 Å². The second-order valence-corrected chi connectivity index (χ2v) is 7.54. The Kier molecular flexibility index (Phi) is 5.92. The summed E-state index contributed by atoms with van der Waals surface area (Å²) in [5, 5.41) is 3.91. The fourth-order valence-corrected chi connectivity index (χ4v) is 3.91. The molecule has 0 fully saturated rings. The predicted octanol–water partition coefficient (Wildman–Crippen LogP) is 3.14. The van der Waals surface area contributed by atoms with E-state index in [9.17, 15) is 9.59 Å². The Labute approximate surface area is 176 Å². The van der Waals surface area contributed by atoms with Crippen LogP contribution in [0.4, 0.5) is 0 Å². The second kappa shape index (κ2) is 8.26. The number of carbonyl (C=O) groups is 2. The molecular formula is C23H29N3O4. The molecule has 0 spiro atoms. The number of methoxy groups -OCH3 is 2. The first-order valence-electron chi connectivity index (χ1n) is 9.89. The van der Waals surface area contributed by atoms with Crippen molar-refractivity contribution >= 4 is 22.6 Å². The first kappa shape index (κ1) is 21.5. The van der Waals surface area contributed by atoms with Crippen LogP contribution in [0.5, 0.6) is 11.5 Å². The van der Waals surface area contributed by atoms with Crippen LogP contribution in [0.2, 0.25) is 0 Å². The van der Waals surface area contributed by atoms with E-state index in [-0.39, 0.29) is 11.7 Å². The van der Waals surface area contributed by atoms with Gasteiger partial charge in [0.25, 0.3) is 5.91 Å². The lowest BCUT2D eigenvalue weighted by atomic mass is 9.91. The van der Waals surface area contributed by atoms with E-state index in [0.717, 1.165) is 16.6 Å². The molecule has 1 amide bonds. The lowest BCUT2D eigenvalue weighted by Gasteiger charge is -2.44. The number of amides is 1. The number of hydrogen-bond acceptors (Lipinski definition) is 5. The van der Waals surface area contributed by atoms with Gasteiger partial charge in [0.05, 0.1) is 32.8 Å². The summed E-state index contributed by atoms with van der Waals surface area (Å²) in [6.07, 6.45) is 5.72. The zero-order valence-electron chi connectivity index (χ0n) is 18.4. The summed E-state index contributed by atoms with van der Waals surface area (Å²) in [5.74, 6) is 1.00.